The highest BCUT2D eigenvalue weighted by atomic mass is 32.2. The summed E-state index contributed by atoms with van der Waals surface area (Å²) in [5, 5.41) is 10.4. The summed E-state index contributed by atoms with van der Waals surface area (Å²) in [7, 11) is -3.92. The van der Waals surface area contributed by atoms with E-state index in [-0.39, 0.29) is 11.3 Å². The molecule has 1 heterocycles. The molecule has 0 aliphatic rings. The molecule has 3 aromatic rings. The van der Waals surface area contributed by atoms with Crippen molar-refractivity contribution in [1.29, 1.82) is 0 Å². The van der Waals surface area contributed by atoms with Gasteiger partial charge >= 0.3 is 5.97 Å². The third-order valence-electron chi connectivity index (χ3n) is 3.99. The lowest BCUT2D eigenvalue weighted by molar-refractivity contribution is -0.138. The van der Waals surface area contributed by atoms with Crippen LogP contribution < -0.4 is 4.72 Å². The fourth-order valence-electron chi connectivity index (χ4n) is 2.74. The van der Waals surface area contributed by atoms with Crippen LogP contribution in [0, 0.1) is 6.92 Å². The van der Waals surface area contributed by atoms with Crippen LogP contribution in [0.4, 0.5) is 0 Å². The molecule has 0 bridgehead atoms. The average Bonchev–Trinajstić information content (AvgIpc) is 2.97. The molecule has 0 unspecified atom stereocenters. The quantitative estimate of drug-likeness (QED) is 0.630. The Kier molecular flexibility index (Phi) is 4.61. The van der Waals surface area contributed by atoms with E-state index in [9.17, 15) is 18.3 Å². The van der Waals surface area contributed by atoms with Gasteiger partial charge in [0.2, 0.25) is 10.0 Å². The van der Waals surface area contributed by atoms with Crippen molar-refractivity contribution in [2.75, 3.05) is 0 Å². The maximum Gasteiger partial charge on any atom is 0.322 e. The summed E-state index contributed by atoms with van der Waals surface area (Å²) in [4.78, 5) is 14.7. The summed E-state index contributed by atoms with van der Waals surface area (Å²) in [6, 6.07) is 12.6. The van der Waals surface area contributed by atoms with Crippen LogP contribution >= 0.6 is 0 Å². The van der Waals surface area contributed by atoms with E-state index < -0.39 is 22.0 Å². The van der Waals surface area contributed by atoms with E-state index in [0.717, 1.165) is 22.0 Å². The third-order valence-corrected chi connectivity index (χ3v) is 5.46. The van der Waals surface area contributed by atoms with Gasteiger partial charge in [0, 0.05) is 23.5 Å². The lowest BCUT2D eigenvalue weighted by atomic mass is 10.1. The van der Waals surface area contributed by atoms with E-state index in [1.165, 1.54) is 12.1 Å². The van der Waals surface area contributed by atoms with Crippen LogP contribution in [-0.2, 0) is 21.2 Å². The number of aryl methyl sites for hydroxylation is 1. The van der Waals surface area contributed by atoms with Crippen molar-refractivity contribution in [3.63, 3.8) is 0 Å². The molecule has 3 N–H and O–H groups in total. The fourth-order valence-corrected chi connectivity index (χ4v) is 4.03. The van der Waals surface area contributed by atoms with Crippen LogP contribution in [-0.4, -0.2) is 30.5 Å². The van der Waals surface area contributed by atoms with Gasteiger partial charge in [0.25, 0.3) is 0 Å². The first kappa shape index (κ1) is 17.2. The SMILES string of the molecule is Cc1cccc(S(=O)(=O)N[C@H](Cc2c[nH]c3ccccc23)C(=O)O)c1. The Labute approximate surface area is 145 Å². The predicted octanol–water partition coefficient (Wildman–Crippen LogP) is 2.45. The highest BCUT2D eigenvalue weighted by Gasteiger charge is 2.26. The van der Waals surface area contributed by atoms with Gasteiger partial charge in [-0.3, -0.25) is 4.79 Å². The van der Waals surface area contributed by atoms with Crippen molar-refractivity contribution < 1.29 is 18.3 Å². The first-order valence-corrected chi connectivity index (χ1v) is 9.22. The summed E-state index contributed by atoms with van der Waals surface area (Å²) in [6.07, 6.45) is 1.76. The lowest BCUT2D eigenvalue weighted by Crippen LogP contribution is -2.42. The monoisotopic (exact) mass is 358 g/mol. The first-order chi connectivity index (χ1) is 11.9. The van der Waals surface area contributed by atoms with E-state index in [4.69, 9.17) is 0 Å². The van der Waals surface area contributed by atoms with E-state index in [0.29, 0.717) is 0 Å². The van der Waals surface area contributed by atoms with Crippen LogP contribution in [0.25, 0.3) is 10.9 Å². The van der Waals surface area contributed by atoms with Gasteiger partial charge in [-0.25, -0.2) is 8.42 Å². The first-order valence-electron chi connectivity index (χ1n) is 7.73. The second-order valence-electron chi connectivity index (χ2n) is 5.89. The van der Waals surface area contributed by atoms with Crippen molar-refractivity contribution in [1.82, 2.24) is 9.71 Å². The molecule has 2 aromatic carbocycles. The Morgan fingerprint density at radius 1 is 1.20 bits per heavy atom. The second-order valence-corrected chi connectivity index (χ2v) is 7.61. The number of hydrogen-bond donors (Lipinski definition) is 3. The van der Waals surface area contributed by atoms with Gasteiger partial charge in [-0.1, -0.05) is 30.3 Å². The minimum atomic E-state index is -3.92. The molecule has 1 atom stereocenters. The summed E-state index contributed by atoms with van der Waals surface area (Å²) < 4.78 is 27.3. The number of para-hydroxylation sites is 1. The zero-order valence-electron chi connectivity index (χ0n) is 13.6. The fraction of sp³-hybridized carbons (Fsp3) is 0.167. The molecule has 0 saturated carbocycles. The molecule has 0 aliphatic heterocycles. The Morgan fingerprint density at radius 3 is 2.68 bits per heavy atom. The number of nitrogens with one attached hydrogen (secondary N) is 2. The number of carbonyl (C=O) groups is 1. The number of carboxylic acids is 1. The van der Waals surface area contributed by atoms with Gasteiger partial charge in [-0.2, -0.15) is 4.72 Å². The molecule has 25 heavy (non-hydrogen) atoms. The summed E-state index contributed by atoms with van der Waals surface area (Å²) in [5.74, 6) is -1.22. The zero-order valence-corrected chi connectivity index (χ0v) is 14.4. The molecular weight excluding hydrogens is 340 g/mol. The number of aromatic nitrogens is 1. The van der Waals surface area contributed by atoms with Crippen LogP contribution in [0.3, 0.4) is 0 Å². The van der Waals surface area contributed by atoms with Crippen LogP contribution in [0.5, 0.6) is 0 Å². The maximum absolute atomic E-state index is 12.5. The molecule has 6 nitrogen and oxygen atoms in total. The topological polar surface area (TPSA) is 99.3 Å². The van der Waals surface area contributed by atoms with E-state index >= 15 is 0 Å². The number of aliphatic carboxylic acids is 1. The second kappa shape index (κ2) is 6.70. The molecule has 0 saturated heterocycles. The number of sulfonamides is 1. The average molecular weight is 358 g/mol. The summed E-state index contributed by atoms with van der Waals surface area (Å²) in [6.45, 7) is 1.78. The molecule has 130 valence electrons. The molecule has 1 aromatic heterocycles. The van der Waals surface area contributed by atoms with Crippen molar-refractivity contribution >= 4 is 26.9 Å². The van der Waals surface area contributed by atoms with E-state index in [1.54, 1.807) is 25.3 Å². The Bertz CT molecular complexity index is 1020. The van der Waals surface area contributed by atoms with Crippen LogP contribution in [0.15, 0.2) is 59.6 Å². The number of hydrogen-bond acceptors (Lipinski definition) is 3. The normalized spacial score (nSPS) is 13.0. The van der Waals surface area contributed by atoms with Crippen molar-refractivity contribution in [2.45, 2.75) is 24.3 Å². The molecule has 0 radical (unpaired) electrons. The summed E-state index contributed by atoms with van der Waals surface area (Å²) >= 11 is 0. The Balaban J connectivity index is 1.88. The molecular formula is C18H18N2O4S. The van der Waals surface area contributed by atoms with E-state index in [2.05, 4.69) is 9.71 Å². The smallest absolute Gasteiger partial charge is 0.322 e. The molecule has 0 aliphatic carbocycles. The van der Waals surface area contributed by atoms with Gasteiger partial charge in [0.1, 0.15) is 6.04 Å². The molecule has 7 heteroatoms. The highest BCUT2D eigenvalue weighted by molar-refractivity contribution is 7.89. The minimum Gasteiger partial charge on any atom is -0.480 e. The minimum absolute atomic E-state index is 0.0460. The molecule has 0 fully saturated rings. The number of benzene rings is 2. The van der Waals surface area contributed by atoms with Crippen molar-refractivity contribution in [3.05, 3.63) is 65.9 Å². The number of rotatable bonds is 6. The zero-order chi connectivity index (χ0) is 18.0. The van der Waals surface area contributed by atoms with Gasteiger partial charge in [0.15, 0.2) is 0 Å². The molecule has 3 rings (SSSR count). The predicted molar refractivity (Wildman–Crippen MR) is 94.9 cm³/mol. The van der Waals surface area contributed by atoms with Gasteiger partial charge in [-0.05, 0) is 36.2 Å². The standard InChI is InChI=1S/C18H18N2O4S/c1-12-5-4-6-14(9-12)25(23,24)20-17(18(21)22)10-13-11-19-16-8-3-2-7-15(13)16/h2-9,11,17,19-20H,10H2,1H3,(H,21,22)/t17-/m1/s1. The van der Waals surface area contributed by atoms with Crippen molar-refractivity contribution in [2.24, 2.45) is 0 Å². The molecule has 0 amide bonds. The number of fused-ring (bicyclic) bond motifs is 1. The van der Waals surface area contributed by atoms with E-state index in [1.807, 2.05) is 24.3 Å². The maximum atomic E-state index is 12.5. The van der Waals surface area contributed by atoms with Crippen LogP contribution in [0.2, 0.25) is 0 Å². The highest BCUT2D eigenvalue weighted by Crippen LogP contribution is 2.20. The van der Waals surface area contributed by atoms with Gasteiger partial charge in [0.05, 0.1) is 4.90 Å². The number of carboxylic acid groups (broad SMARTS) is 1. The Hall–Kier alpha value is -2.64. The molecule has 0 spiro atoms. The largest absolute Gasteiger partial charge is 0.480 e. The van der Waals surface area contributed by atoms with Gasteiger partial charge < -0.3 is 10.1 Å². The lowest BCUT2D eigenvalue weighted by Gasteiger charge is -2.15. The third kappa shape index (κ3) is 3.72. The van der Waals surface area contributed by atoms with Crippen molar-refractivity contribution in [3.8, 4) is 0 Å². The Morgan fingerprint density at radius 2 is 1.96 bits per heavy atom. The summed E-state index contributed by atoms with van der Waals surface area (Å²) in [5.41, 5.74) is 2.41. The van der Waals surface area contributed by atoms with Crippen LogP contribution in [0.1, 0.15) is 11.1 Å². The number of H-pyrrole nitrogens is 1. The number of aromatic amines is 1. The van der Waals surface area contributed by atoms with Gasteiger partial charge in [-0.15, -0.1) is 0 Å².